The molecule has 2 aliphatic rings. The van der Waals surface area contributed by atoms with Gasteiger partial charge in [0.05, 0.1) is 18.3 Å². The largest absolute Gasteiger partial charge is 0.364 e. The lowest BCUT2D eigenvalue weighted by Crippen LogP contribution is -2.51. The Balaban J connectivity index is 1.75. The average molecular weight is 262 g/mol. The Morgan fingerprint density at radius 2 is 2.26 bits per heavy atom. The first-order valence-corrected chi connectivity index (χ1v) is 6.09. The zero-order valence-electron chi connectivity index (χ0n) is 10.5. The summed E-state index contributed by atoms with van der Waals surface area (Å²) in [6, 6.07) is -0.0677. The molecule has 1 aromatic rings. The average Bonchev–Trinajstić information content (AvgIpc) is 2.88. The molecule has 2 unspecified atom stereocenters. The normalized spacial score (nSPS) is 26.5. The van der Waals surface area contributed by atoms with Gasteiger partial charge >= 0.3 is 0 Å². The minimum absolute atomic E-state index is 0.0462. The summed E-state index contributed by atoms with van der Waals surface area (Å²) in [6.07, 6.45) is 4.35. The van der Waals surface area contributed by atoms with Crippen LogP contribution in [0.25, 0.3) is 0 Å². The fourth-order valence-corrected chi connectivity index (χ4v) is 2.49. The number of ether oxygens (including phenoxy) is 1. The van der Waals surface area contributed by atoms with Gasteiger partial charge in [-0.05, 0) is 0 Å². The maximum Gasteiger partial charge on any atom is 0.274 e. The first-order valence-electron chi connectivity index (χ1n) is 6.09. The molecule has 7 nitrogen and oxygen atoms in total. The number of morpholine rings is 1. The minimum atomic E-state index is -0.174. The first kappa shape index (κ1) is 12.0. The van der Waals surface area contributed by atoms with E-state index < -0.39 is 0 Å². The standard InChI is InChI=1S/C12H14N4O3/c1-15-9-5-16(6-10(9)19-7-11(15)17)12(18)8-4-13-2-3-14-8/h2-4,9-10H,5-7H2,1H3. The summed E-state index contributed by atoms with van der Waals surface area (Å²) in [6.45, 7) is 1.05. The smallest absolute Gasteiger partial charge is 0.274 e. The predicted molar refractivity (Wildman–Crippen MR) is 64.2 cm³/mol. The van der Waals surface area contributed by atoms with Crippen LogP contribution >= 0.6 is 0 Å². The molecule has 0 N–H and O–H groups in total. The van der Waals surface area contributed by atoms with E-state index in [0.29, 0.717) is 18.8 Å². The van der Waals surface area contributed by atoms with E-state index in [1.807, 2.05) is 0 Å². The Bertz CT molecular complexity index is 507. The molecule has 0 saturated carbocycles. The van der Waals surface area contributed by atoms with Crippen molar-refractivity contribution < 1.29 is 14.3 Å². The van der Waals surface area contributed by atoms with Crippen LogP contribution < -0.4 is 0 Å². The third-order valence-corrected chi connectivity index (χ3v) is 3.62. The van der Waals surface area contributed by atoms with Crippen LogP contribution in [-0.4, -0.2) is 70.5 Å². The van der Waals surface area contributed by atoms with Gasteiger partial charge in [0.15, 0.2) is 0 Å². The summed E-state index contributed by atoms with van der Waals surface area (Å²) in [5, 5.41) is 0. The number of aromatic nitrogens is 2. The van der Waals surface area contributed by atoms with Crippen LogP contribution in [0.5, 0.6) is 0 Å². The zero-order chi connectivity index (χ0) is 13.4. The van der Waals surface area contributed by atoms with Gasteiger partial charge in [-0.15, -0.1) is 0 Å². The van der Waals surface area contributed by atoms with Crippen molar-refractivity contribution in [2.24, 2.45) is 0 Å². The van der Waals surface area contributed by atoms with Crippen molar-refractivity contribution in [2.45, 2.75) is 12.1 Å². The Morgan fingerprint density at radius 1 is 1.42 bits per heavy atom. The Hall–Kier alpha value is -2.02. The number of rotatable bonds is 1. The van der Waals surface area contributed by atoms with Crippen LogP contribution in [0, 0.1) is 0 Å². The summed E-state index contributed by atoms with van der Waals surface area (Å²) >= 11 is 0. The van der Waals surface area contributed by atoms with Gasteiger partial charge in [0.1, 0.15) is 12.3 Å². The monoisotopic (exact) mass is 262 g/mol. The molecule has 2 aliphatic heterocycles. The van der Waals surface area contributed by atoms with Gasteiger partial charge in [-0.3, -0.25) is 14.6 Å². The van der Waals surface area contributed by atoms with Gasteiger partial charge in [-0.2, -0.15) is 0 Å². The highest BCUT2D eigenvalue weighted by molar-refractivity contribution is 5.92. The van der Waals surface area contributed by atoms with Crippen LogP contribution in [0.4, 0.5) is 0 Å². The molecule has 0 spiro atoms. The summed E-state index contributed by atoms with van der Waals surface area (Å²) in [5.74, 6) is -0.220. The maximum atomic E-state index is 12.2. The first-order chi connectivity index (χ1) is 9.16. The molecule has 2 atom stereocenters. The molecule has 100 valence electrons. The molecule has 3 rings (SSSR count). The van der Waals surface area contributed by atoms with Gasteiger partial charge < -0.3 is 14.5 Å². The van der Waals surface area contributed by atoms with Crippen molar-refractivity contribution in [1.29, 1.82) is 0 Å². The zero-order valence-corrected chi connectivity index (χ0v) is 10.5. The van der Waals surface area contributed by atoms with Crippen molar-refractivity contribution in [2.75, 3.05) is 26.7 Å². The third kappa shape index (κ3) is 2.06. The van der Waals surface area contributed by atoms with Gasteiger partial charge in [0.25, 0.3) is 5.91 Å². The number of hydrogen-bond donors (Lipinski definition) is 0. The molecule has 0 bridgehead atoms. The van der Waals surface area contributed by atoms with E-state index in [9.17, 15) is 9.59 Å². The van der Waals surface area contributed by atoms with E-state index in [1.54, 1.807) is 16.8 Å². The third-order valence-electron chi connectivity index (χ3n) is 3.62. The summed E-state index contributed by atoms with van der Waals surface area (Å²) in [5.41, 5.74) is 0.315. The van der Waals surface area contributed by atoms with Gasteiger partial charge in [-0.1, -0.05) is 0 Å². The number of likely N-dealkylation sites (N-methyl/N-ethyl adjacent to an activating group) is 1. The molecular weight excluding hydrogens is 248 g/mol. The molecule has 0 aliphatic carbocycles. The maximum absolute atomic E-state index is 12.2. The fourth-order valence-electron chi connectivity index (χ4n) is 2.49. The molecule has 7 heteroatoms. The molecule has 2 saturated heterocycles. The Kier molecular flexibility index (Phi) is 2.90. The summed E-state index contributed by atoms with van der Waals surface area (Å²) < 4.78 is 5.48. The number of fused-ring (bicyclic) bond motifs is 1. The van der Waals surface area contributed by atoms with E-state index in [4.69, 9.17) is 4.74 Å². The van der Waals surface area contributed by atoms with E-state index in [2.05, 4.69) is 9.97 Å². The van der Waals surface area contributed by atoms with Crippen LogP contribution in [0.1, 0.15) is 10.5 Å². The van der Waals surface area contributed by atoms with Crippen molar-refractivity contribution in [3.63, 3.8) is 0 Å². The molecule has 3 heterocycles. The van der Waals surface area contributed by atoms with E-state index in [-0.39, 0.29) is 30.6 Å². The van der Waals surface area contributed by atoms with Crippen LogP contribution in [-0.2, 0) is 9.53 Å². The molecule has 0 radical (unpaired) electrons. The van der Waals surface area contributed by atoms with Gasteiger partial charge in [-0.25, -0.2) is 4.98 Å². The van der Waals surface area contributed by atoms with Crippen LogP contribution in [0.3, 0.4) is 0 Å². The lowest BCUT2D eigenvalue weighted by Gasteiger charge is -2.33. The molecule has 1 aromatic heterocycles. The summed E-state index contributed by atoms with van der Waals surface area (Å²) in [7, 11) is 1.75. The number of carbonyl (C=O) groups is 2. The van der Waals surface area contributed by atoms with E-state index >= 15 is 0 Å². The predicted octanol–water partition coefficient (Wildman–Crippen LogP) is -0.842. The quantitative estimate of drug-likeness (QED) is 0.659. The highest BCUT2D eigenvalue weighted by Gasteiger charge is 2.43. The topological polar surface area (TPSA) is 75.6 Å². The molecule has 2 fully saturated rings. The van der Waals surface area contributed by atoms with Gasteiger partial charge in [0, 0.05) is 32.5 Å². The summed E-state index contributed by atoms with van der Waals surface area (Å²) in [4.78, 5) is 35.0. The van der Waals surface area contributed by atoms with Gasteiger partial charge in [0.2, 0.25) is 5.91 Å². The van der Waals surface area contributed by atoms with Crippen molar-refractivity contribution in [1.82, 2.24) is 19.8 Å². The lowest BCUT2D eigenvalue weighted by molar-refractivity contribution is -0.150. The number of hydrogen-bond acceptors (Lipinski definition) is 5. The van der Waals surface area contributed by atoms with E-state index in [1.165, 1.54) is 18.6 Å². The van der Waals surface area contributed by atoms with Crippen LogP contribution in [0.2, 0.25) is 0 Å². The Morgan fingerprint density at radius 3 is 3.00 bits per heavy atom. The van der Waals surface area contributed by atoms with Crippen molar-refractivity contribution in [3.05, 3.63) is 24.3 Å². The Labute approximate surface area is 110 Å². The fraction of sp³-hybridized carbons (Fsp3) is 0.500. The number of amides is 2. The SMILES string of the molecule is CN1C(=O)COC2CN(C(=O)c3cnccn3)CC21. The molecule has 0 aromatic carbocycles. The van der Waals surface area contributed by atoms with Crippen LogP contribution in [0.15, 0.2) is 18.6 Å². The second kappa shape index (κ2) is 4.58. The minimum Gasteiger partial charge on any atom is -0.364 e. The second-order valence-electron chi connectivity index (χ2n) is 4.72. The highest BCUT2D eigenvalue weighted by atomic mass is 16.5. The van der Waals surface area contributed by atoms with Crippen molar-refractivity contribution in [3.8, 4) is 0 Å². The second-order valence-corrected chi connectivity index (χ2v) is 4.72. The molecular formula is C12H14N4O3. The van der Waals surface area contributed by atoms with Crippen molar-refractivity contribution >= 4 is 11.8 Å². The number of carbonyl (C=O) groups excluding carboxylic acids is 2. The molecule has 19 heavy (non-hydrogen) atoms. The highest BCUT2D eigenvalue weighted by Crippen LogP contribution is 2.23. The number of nitrogens with zero attached hydrogens (tertiary/aromatic N) is 4. The lowest BCUT2D eigenvalue weighted by atomic mass is 10.1. The van der Waals surface area contributed by atoms with E-state index in [0.717, 1.165) is 0 Å². The molecule has 2 amide bonds. The number of likely N-dealkylation sites (tertiary alicyclic amines) is 1.